The molecular weight excluding hydrogens is 480 g/mol. The van der Waals surface area contributed by atoms with Gasteiger partial charge in [0.25, 0.3) is 0 Å². The zero-order chi connectivity index (χ0) is 25.4. The van der Waals surface area contributed by atoms with Crippen molar-refractivity contribution in [2.24, 2.45) is 7.05 Å². The molecule has 2 atom stereocenters. The number of ether oxygens (including phenoxy) is 1. The fourth-order valence-corrected chi connectivity index (χ4v) is 6.22. The van der Waals surface area contributed by atoms with Gasteiger partial charge in [0.1, 0.15) is 11.8 Å². The van der Waals surface area contributed by atoms with E-state index in [1.54, 1.807) is 30.5 Å². The Labute approximate surface area is 215 Å². The molecule has 1 unspecified atom stereocenters. The maximum absolute atomic E-state index is 14.3. The number of carbonyl (C=O) groups is 2. The number of fused-ring (bicyclic) bond motifs is 1. The highest BCUT2D eigenvalue weighted by Gasteiger charge is 2.51. The monoisotopic (exact) mass is 509 g/mol. The van der Waals surface area contributed by atoms with Crippen molar-refractivity contribution in [2.45, 2.75) is 37.8 Å². The fourth-order valence-electron chi connectivity index (χ4n) is 6.00. The molecule has 0 radical (unpaired) electrons. The summed E-state index contributed by atoms with van der Waals surface area (Å²) in [5, 5.41) is 9.57. The molecule has 1 N–H and O–H groups in total. The van der Waals surface area contributed by atoms with Gasteiger partial charge in [-0.25, -0.2) is 19.1 Å². The van der Waals surface area contributed by atoms with E-state index in [2.05, 4.69) is 9.88 Å². The lowest BCUT2D eigenvalue weighted by molar-refractivity contribution is -0.887. The van der Waals surface area contributed by atoms with E-state index in [1.165, 1.54) is 0 Å². The third-order valence-corrected chi connectivity index (χ3v) is 8.19. The Morgan fingerprint density at radius 3 is 2.56 bits per heavy atom. The predicted octanol–water partition coefficient (Wildman–Crippen LogP) is 5.07. The van der Waals surface area contributed by atoms with Crippen molar-refractivity contribution in [3.63, 3.8) is 0 Å². The normalized spacial score (nSPS) is 19.5. The van der Waals surface area contributed by atoms with E-state index >= 15 is 0 Å². The number of hydrogen-bond donors (Lipinski definition) is 1. The van der Waals surface area contributed by atoms with Crippen LogP contribution in [-0.2, 0) is 13.5 Å². The molecule has 0 spiro atoms. The van der Waals surface area contributed by atoms with Gasteiger partial charge in [-0.1, -0.05) is 29.8 Å². The van der Waals surface area contributed by atoms with Crippen molar-refractivity contribution in [1.82, 2.24) is 9.55 Å². The highest BCUT2D eigenvalue weighted by molar-refractivity contribution is 6.33. The highest BCUT2D eigenvalue weighted by atomic mass is 35.5. The number of halogens is 1. The summed E-state index contributed by atoms with van der Waals surface area (Å²) < 4.78 is 7.16. The maximum Gasteiger partial charge on any atom is 0.511 e. The minimum atomic E-state index is -1.35. The molecule has 1 aromatic heterocycles. The summed E-state index contributed by atoms with van der Waals surface area (Å²) in [6.45, 7) is 1.59. The second-order valence-corrected chi connectivity index (χ2v) is 10.2. The second kappa shape index (κ2) is 9.59. The highest BCUT2D eigenvalue weighted by Crippen LogP contribution is 2.46. The molecule has 36 heavy (non-hydrogen) atoms. The largest absolute Gasteiger partial charge is 0.511 e. The van der Waals surface area contributed by atoms with Gasteiger partial charge in [-0.15, -0.1) is 0 Å². The number of anilines is 1. The molecule has 5 rings (SSSR count). The van der Waals surface area contributed by atoms with Crippen LogP contribution in [0.25, 0.3) is 0 Å². The van der Waals surface area contributed by atoms with Crippen LogP contribution in [0.1, 0.15) is 46.8 Å². The number of piperidine rings is 1. The molecule has 0 saturated carbocycles. The number of nitrogens with zero attached hydrogens (tertiary/aromatic N) is 4. The van der Waals surface area contributed by atoms with Gasteiger partial charge < -0.3 is 19.3 Å². The van der Waals surface area contributed by atoms with E-state index in [4.69, 9.17) is 21.4 Å². The zero-order valence-corrected chi connectivity index (χ0v) is 21.2. The number of hydrogen-bond acceptors (Lipinski definition) is 5. The van der Waals surface area contributed by atoms with E-state index in [0.29, 0.717) is 10.6 Å². The molecule has 2 aliphatic rings. The van der Waals surface area contributed by atoms with Gasteiger partial charge in [0.05, 0.1) is 23.7 Å². The third-order valence-electron chi connectivity index (χ3n) is 7.86. The van der Waals surface area contributed by atoms with Gasteiger partial charge in [0.2, 0.25) is 5.95 Å². The van der Waals surface area contributed by atoms with Crippen molar-refractivity contribution in [3.8, 4) is 5.75 Å². The first-order chi connectivity index (χ1) is 17.3. The summed E-state index contributed by atoms with van der Waals surface area (Å²) in [6.07, 6.45) is 5.63. The van der Waals surface area contributed by atoms with Gasteiger partial charge in [0, 0.05) is 57.4 Å². The number of carbonyl (C=O) groups excluding carboxylic acids is 1. The number of imidazole rings is 1. The standard InChI is InChI=1S/C27H29ClN4O4/c1-30-16-13-29-26(30)31-14-11-19(12-15-31)32(2,25(33)21-5-3-4-6-23(21)28)24-10-8-18-7-9-20(17-22(18)24)36-27(34)35/h3-7,9,13,16-17,19,24H,8,10-12,14-15H2,1-2H3/p+1/t24-,32?/m1/s1. The third kappa shape index (κ3) is 4.24. The summed E-state index contributed by atoms with van der Waals surface area (Å²) in [4.78, 5) is 32.3. The van der Waals surface area contributed by atoms with Crippen LogP contribution in [0, 0.1) is 0 Å². The number of rotatable bonds is 5. The number of benzene rings is 2. The molecule has 188 valence electrons. The lowest BCUT2D eigenvalue weighted by atomic mass is 9.93. The molecular formula is C27H30ClN4O4+. The minimum Gasteiger partial charge on any atom is -0.449 e. The summed E-state index contributed by atoms with van der Waals surface area (Å²) in [6, 6.07) is 12.5. The Hall–Kier alpha value is -3.36. The van der Waals surface area contributed by atoms with Gasteiger partial charge in [-0.2, -0.15) is 0 Å². The van der Waals surface area contributed by atoms with Crippen LogP contribution < -0.4 is 9.64 Å². The summed E-state index contributed by atoms with van der Waals surface area (Å²) in [7, 11) is 4.01. The van der Waals surface area contributed by atoms with Crippen molar-refractivity contribution in [3.05, 3.63) is 76.6 Å². The lowest BCUT2D eigenvalue weighted by Crippen LogP contribution is -2.61. The van der Waals surface area contributed by atoms with Crippen molar-refractivity contribution in [1.29, 1.82) is 0 Å². The summed E-state index contributed by atoms with van der Waals surface area (Å²) in [5.74, 6) is 1.19. The van der Waals surface area contributed by atoms with Gasteiger partial charge in [-0.05, 0) is 36.2 Å². The predicted molar refractivity (Wildman–Crippen MR) is 137 cm³/mol. The number of aromatic nitrogens is 2. The maximum atomic E-state index is 14.3. The van der Waals surface area contributed by atoms with Crippen molar-refractivity contribution >= 4 is 29.6 Å². The Kier molecular flexibility index (Phi) is 6.49. The first-order valence-electron chi connectivity index (χ1n) is 12.2. The van der Waals surface area contributed by atoms with E-state index in [0.717, 1.165) is 55.8 Å². The van der Waals surface area contributed by atoms with Gasteiger partial charge >= 0.3 is 12.1 Å². The molecule has 9 heteroatoms. The molecule has 3 aromatic rings. The van der Waals surface area contributed by atoms with E-state index in [-0.39, 0.29) is 28.2 Å². The molecule has 1 aliphatic carbocycles. The van der Waals surface area contributed by atoms with Crippen molar-refractivity contribution < 1.29 is 23.9 Å². The second-order valence-electron chi connectivity index (χ2n) is 9.77. The van der Waals surface area contributed by atoms with Crippen LogP contribution in [0.3, 0.4) is 0 Å². The van der Waals surface area contributed by atoms with Crippen LogP contribution in [0.15, 0.2) is 54.9 Å². The van der Waals surface area contributed by atoms with Gasteiger partial charge in [0.15, 0.2) is 0 Å². The Morgan fingerprint density at radius 1 is 1.14 bits per heavy atom. The molecule has 2 heterocycles. The first kappa shape index (κ1) is 24.3. The van der Waals surface area contributed by atoms with Crippen molar-refractivity contribution in [2.75, 3.05) is 25.0 Å². The first-order valence-corrected chi connectivity index (χ1v) is 12.6. The zero-order valence-electron chi connectivity index (χ0n) is 20.4. The molecule has 1 amide bonds. The summed E-state index contributed by atoms with van der Waals surface area (Å²) in [5.41, 5.74) is 2.61. The Bertz CT molecular complexity index is 1300. The quantitative estimate of drug-likeness (QED) is 0.293. The van der Waals surface area contributed by atoms with Crippen LogP contribution >= 0.6 is 11.6 Å². The van der Waals surface area contributed by atoms with E-state index < -0.39 is 6.16 Å². The molecule has 1 saturated heterocycles. The minimum absolute atomic E-state index is 0.0153. The van der Waals surface area contributed by atoms with E-state index in [1.807, 2.05) is 43.1 Å². The van der Waals surface area contributed by atoms with Crippen LogP contribution in [0.2, 0.25) is 5.02 Å². The average Bonchev–Trinajstić information content (AvgIpc) is 3.49. The number of amides is 1. The number of carboxylic acid groups (broad SMARTS) is 1. The Balaban J connectivity index is 1.52. The molecule has 1 fully saturated rings. The molecule has 8 nitrogen and oxygen atoms in total. The summed E-state index contributed by atoms with van der Waals surface area (Å²) >= 11 is 6.53. The SMILES string of the molecule is Cn1ccnc1N1CCC([N+](C)(C(=O)c2ccccc2Cl)[C@@H]2CCc3ccc(OC(=O)O)cc32)CC1. The van der Waals surface area contributed by atoms with Crippen LogP contribution in [-0.4, -0.2) is 57.4 Å². The number of quaternary nitrogens is 1. The molecule has 2 aromatic carbocycles. The Morgan fingerprint density at radius 2 is 1.89 bits per heavy atom. The smallest absolute Gasteiger partial charge is 0.449 e. The lowest BCUT2D eigenvalue weighted by Gasteiger charge is -2.47. The van der Waals surface area contributed by atoms with Crippen LogP contribution in [0.5, 0.6) is 5.75 Å². The molecule has 1 aliphatic heterocycles. The molecule has 0 bridgehead atoms. The number of aryl methyl sites for hydroxylation is 2. The average molecular weight is 510 g/mol. The van der Waals surface area contributed by atoms with Crippen LogP contribution in [0.4, 0.5) is 10.7 Å². The fraction of sp³-hybridized carbons (Fsp3) is 0.370. The van der Waals surface area contributed by atoms with Gasteiger partial charge in [-0.3, -0.25) is 0 Å². The van der Waals surface area contributed by atoms with E-state index in [9.17, 15) is 9.59 Å². The topological polar surface area (TPSA) is 84.7 Å².